The number of hydrogen-bond acceptors (Lipinski definition) is 4. The molecule has 0 amide bonds. The van der Waals surface area contributed by atoms with Crippen LogP contribution in [-0.2, 0) is 5.41 Å². The molecule has 2 aliphatic rings. The molecule has 2 aromatic carbocycles. The van der Waals surface area contributed by atoms with Gasteiger partial charge in [0.2, 0.25) is 5.71 Å². The Balaban J connectivity index is 1.69. The predicted octanol–water partition coefficient (Wildman–Crippen LogP) is 7.07. The highest BCUT2D eigenvalue weighted by Gasteiger charge is 2.52. The molecule has 0 bridgehead atoms. The number of rotatable bonds is 3. The number of hydrogen-bond donors (Lipinski definition) is 0. The highest BCUT2D eigenvalue weighted by molar-refractivity contribution is 5.95. The molecule has 6 rings (SSSR count). The van der Waals surface area contributed by atoms with E-state index >= 15 is 0 Å². The van der Waals surface area contributed by atoms with Gasteiger partial charge in [0.05, 0.1) is 12.0 Å². The fourth-order valence-electron chi connectivity index (χ4n) is 5.61. The molecule has 4 nitrogen and oxygen atoms in total. The first kappa shape index (κ1) is 18.3. The zero-order chi connectivity index (χ0) is 21.2. The number of para-hydroxylation sites is 2. The average molecular weight is 408 g/mol. The Labute approximate surface area is 182 Å². The Morgan fingerprint density at radius 1 is 0.935 bits per heavy atom. The third-order valence-electron chi connectivity index (χ3n) is 7.23. The van der Waals surface area contributed by atoms with Crippen LogP contribution < -0.4 is 9.80 Å². The molecule has 1 atom stereocenters. The van der Waals surface area contributed by atoms with Crippen molar-refractivity contribution in [2.75, 3.05) is 9.80 Å². The van der Waals surface area contributed by atoms with E-state index in [-0.39, 0.29) is 11.6 Å². The van der Waals surface area contributed by atoms with E-state index in [9.17, 15) is 0 Å². The summed E-state index contributed by atoms with van der Waals surface area (Å²) in [6, 6.07) is 23.5. The molecule has 0 aliphatic carbocycles. The summed E-state index contributed by atoms with van der Waals surface area (Å²) in [7, 11) is 0. The summed E-state index contributed by atoms with van der Waals surface area (Å²) in [6.07, 6.45) is 3.70. The lowest BCUT2D eigenvalue weighted by molar-refractivity contribution is 0.425. The number of anilines is 4. The van der Waals surface area contributed by atoms with Crippen LogP contribution in [-0.4, -0.2) is 11.1 Å². The number of aromatic nitrogens is 1. The number of nitrogens with zero attached hydrogens (tertiary/aromatic N) is 3. The van der Waals surface area contributed by atoms with Gasteiger partial charge in [-0.2, -0.15) is 4.98 Å². The van der Waals surface area contributed by atoms with Crippen molar-refractivity contribution in [1.29, 1.82) is 0 Å². The second kappa shape index (κ2) is 6.48. The van der Waals surface area contributed by atoms with Crippen LogP contribution in [0.5, 0.6) is 0 Å². The van der Waals surface area contributed by atoms with Crippen molar-refractivity contribution in [1.82, 2.24) is 4.98 Å². The first-order chi connectivity index (χ1) is 15.2. The van der Waals surface area contributed by atoms with Crippen LogP contribution in [0.15, 0.2) is 89.6 Å². The molecule has 4 aromatic rings. The number of furan rings is 1. The summed E-state index contributed by atoms with van der Waals surface area (Å²) in [4.78, 5) is 9.73. The Morgan fingerprint density at radius 2 is 1.68 bits per heavy atom. The van der Waals surface area contributed by atoms with Crippen LogP contribution in [0.1, 0.15) is 32.3 Å². The number of pyridine rings is 1. The monoisotopic (exact) mass is 407 g/mol. The molecule has 0 fully saturated rings. The second-order valence-electron chi connectivity index (χ2n) is 8.43. The number of fused-ring (bicyclic) bond motifs is 6. The lowest BCUT2D eigenvalue weighted by Crippen LogP contribution is -2.50. The van der Waals surface area contributed by atoms with Gasteiger partial charge < -0.3 is 9.32 Å². The van der Waals surface area contributed by atoms with Crippen molar-refractivity contribution in [2.24, 2.45) is 0 Å². The minimum atomic E-state index is -0.0774. The molecule has 2 aromatic heterocycles. The summed E-state index contributed by atoms with van der Waals surface area (Å²) in [5.74, 6) is 0.922. The second-order valence-corrected chi connectivity index (χ2v) is 8.43. The van der Waals surface area contributed by atoms with Crippen LogP contribution in [0.3, 0.4) is 0 Å². The average Bonchev–Trinajstić information content (AvgIpc) is 3.41. The Kier molecular flexibility index (Phi) is 3.82. The van der Waals surface area contributed by atoms with Gasteiger partial charge in [-0.25, -0.2) is 0 Å². The molecule has 0 spiro atoms. The van der Waals surface area contributed by atoms with E-state index in [1.807, 2.05) is 6.07 Å². The van der Waals surface area contributed by atoms with Gasteiger partial charge in [0.25, 0.3) is 0 Å². The molecule has 1 unspecified atom stereocenters. The highest BCUT2D eigenvalue weighted by Crippen LogP contribution is 2.58. The molecule has 0 saturated carbocycles. The molecule has 4 heteroatoms. The van der Waals surface area contributed by atoms with Crippen molar-refractivity contribution in [3.8, 4) is 0 Å². The standard InChI is InChI=1S/C27H25N3O/c1-4-27(5-2)18(3)26-29(20-11-7-6-8-12-20)23-17-19-15-16-31-25(19)28-24(23)30(26)22-14-10-9-13-21(22)27/h6-17,26H,3-5H2,1-2H3. The maximum Gasteiger partial charge on any atom is 0.227 e. The van der Waals surface area contributed by atoms with E-state index in [0.717, 1.165) is 35.4 Å². The van der Waals surface area contributed by atoms with E-state index in [4.69, 9.17) is 16.0 Å². The summed E-state index contributed by atoms with van der Waals surface area (Å²) in [5.41, 5.74) is 6.58. The van der Waals surface area contributed by atoms with E-state index < -0.39 is 0 Å². The smallest absolute Gasteiger partial charge is 0.227 e. The maximum atomic E-state index is 5.68. The molecular weight excluding hydrogens is 382 g/mol. The zero-order valence-electron chi connectivity index (χ0n) is 17.9. The Bertz CT molecular complexity index is 1300. The zero-order valence-corrected chi connectivity index (χ0v) is 17.9. The van der Waals surface area contributed by atoms with Gasteiger partial charge in [-0.05, 0) is 54.3 Å². The molecule has 0 radical (unpaired) electrons. The van der Waals surface area contributed by atoms with Crippen molar-refractivity contribution in [2.45, 2.75) is 38.3 Å². The third kappa shape index (κ3) is 2.27. The molecule has 2 aliphatic heterocycles. The summed E-state index contributed by atoms with van der Waals surface area (Å²) >= 11 is 0. The Morgan fingerprint density at radius 3 is 2.45 bits per heavy atom. The van der Waals surface area contributed by atoms with Crippen LogP contribution >= 0.6 is 0 Å². The quantitative estimate of drug-likeness (QED) is 0.340. The summed E-state index contributed by atoms with van der Waals surface area (Å²) < 4.78 is 5.68. The van der Waals surface area contributed by atoms with E-state index in [1.54, 1.807) is 6.26 Å². The molecule has 154 valence electrons. The topological polar surface area (TPSA) is 32.5 Å². The third-order valence-corrected chi connectivity index (χ3v) is 7.23. The predicted molar refractivity (Wildman–Crippen MR) is 126 cm³/mol. The SMILES string of the molecule is C=C1C2N(c3ccccc3)c3cc4ccoc4nc3N2c2ccccc2C1(CC)CC. The molecule has 0 saturated heterocycles. The lowest BCUT2D eigenvalue weighted by atomic mass is 9.66. The van der Waals surface area contributed by atoms with Gasteiger partial charge in [-0.1, -0.05) is 56.8 Å². The van der Waals surface area contributed by atoms with Crippen molar-refractivity contribution >= 4 is 34.0 Å². The van der Waals surface area contributed by atoms with Gasteiger partial charge in [-0.3, -0.25) is 4.90 Å². The van der Waals surface area contributed by atoms with Crippen LogP contribution in [0.25, 0.3) is 11.1 Å². The summed E-state index contributed by atoms with van der Waals surface area (Å²) in [6.45, 7) is 9.29. The van der Waals surface area contributed by atoms with E-state index in [0.29, 0.717) is 5.71 Å². The first-order valence-electron chi connectivity index (χ1n) is 11.0. The van der Waals surface area contributed by atoms with Gasteiger partial charge in [0.15, 0.2) is 5.82 Å². The number of benzene rings is 2. The van der Waals surface area contributed by atoms with Crippen molar-refractivity contribution in [3.05, 3.63) is 90.7 Å². The molecule has 31 heavy (non-hydrogen) atoms. The summed E-state index contributed by atoms with van der Waals surface area (Å²) in [5, 5.41) is 1.01. The fraction of sp³-hybridized carbons (Fsp3) is 0.222. The van der Waals surface area contributed by atoms with Crippen LogP contribution in [0.4, 0.5) is 22.9 Å². The Hall–Kier alpha value is -3.53. The molecule has 0 N–H and O–H groups in total. The highest BCUT2D eigenvalue weighted by atomic mass is 16.3. The molecular formula is C27H25N3O. The molecule has 4 heterocycles. The van der Waals surface area contributed by atoms with E-state index in [1.165, 1.54) is 16.8 Å². The minimum absolute atomic E-state index is 0.0359. The van der Waals surface area contributed by atoms with Crippen molar-refractivity contribution in [3.63, 3.8) is 0 Å². The largest absolute Gasteiger partial charge is 0.446 e. The van der Waals surface area contributed by atoms with Gasteiger partial charge in [0, 0.05) is 22.2 Å². The minimum Gasteiger partial charge on any atom is -0.446 e. The van der Waals surface area contributed by atoms with Crippen LogP contribution in [0, 0.1) is 0 Å². The van der Waals surface area contributed by atoms with Crippen molar-refractivity contribution < 1.29 is 4.42 Å². The van der Waals surface area contributed by atoms with Gasteiger partial charge in [0.1, 0.15) is 6.17 Å². The normalized spacial score (nSPS) is 18.8. The van der Waals surface area contributed by atoms with Gasteiger partial charge in [-0.15, -0.1) is 0 Å². The van der Waals surface area contributed by atoms with E-state index in [2.05, 4.69) is 84.3 Å². The maximum absolute atomic E-state index is 5.68. The fourth-order valence-corrected chi connectivity index (χ4v) is 5.61. The first-order valence-corrected chi connectivity index (χ1v) is 11.0. The lowest BCUT2D eigenvalue weighted by Gasteiger charge is -2.49. The van der Waals surface area contributed by atoms with Crippen LogP contribution in [0.2, 0.25) is 0 Å². The van der Waals surface area contributed by atoms with Gasteiger partial charge >= 0.3 is 0 Å².